The topological polar surface area (TPSA) is 16.1 Å². The third kappa shape index (κ3) is 4.37. The second-order valence-electron chi connectivity index (χ2n) is 5.57. The normalized spacial score (nSPS) is 10.5. The van der Waals surface area contributed by atoms with E-state index in [-0.39, 0.29) is 0 Å². The summed E-state index contributed by atoms with van der Waals surface area (Å²) in [5, 5.41) is 0. The van der Waals surface area contributed by atoms with E-state index in [2.05, 4.69) is 58.4 Å². The van der Waals surface area contributed by atoms with Crippen LogP contribution in [0.2, 0.25) is 0 Å². The van der Waals surface area contributed by atoms with Gasteiger partial charge in [0.15, 0.2) is 0 Å². The van der Waals surface area contributed by atoms with Gasteiger partial charge in [-0.1, -0.05) is 32.1 Å². The van der Waals surface area contributed by atoms with E-state index in [4.69, 9.17) is 4.98 Å². The summed E-state index contributed by atoms with van der Waals surface area (Å²) in [6.45, 7) is 17.4. The number of aryl methyl sites for hydroxylation is 1. The van der Waals surface area contributed by atoms with Crippen molar-refractivity contribution in [2.75, 3.05) is 11.4 Å². The van der Waals surface area contributed by atoms with Crippen LogP contribution in [-0.2, 0) is 5.75 Å². The van der Waals surface area contributed by atoms with E-state index in [1.165, 1.54) is 35.1 Å². The van der Waals surface area contributed by atoms with E-state index in [1.54, 1.807) is 0 Å². The molecule has 0 atom stereocenters. The molecule has 0 aliphatic heterocycles. The monoisotopic (exact) mass is 304 g/mol. The molecule has 0 amide bonds. The summed E-state index contributed by atoms with van der Waals surface area (Å²) >= 11 is 4.49. The molecule has 0 aromatic carbocycles. The van der Waals surface area contributed by atoms with Crippen molar-refractivity contribution in [2.45, 2.75) is 52.7 Å². The van der Waals surface area contributed by atoms with Gasteiger partial charge in [0.05, 0.1) is 0 Å². The van der Waals surface area contributed by atoms with Crippen molar-refractivity contribution in [3.05, 3.63) is 47.3 Å². The molecule has 0 radical (unpaired) electrons. The Bertz CT molecular complexity index is 520. The third-order valence-corrected chi connectivity index (χ3v) is 4.35. The van der Waals surface area contributed by atoms with E-state index < -0.39 is 0 Å². The molecule has 1 aromatic rings. The summed E-state index contributed by atoms with van der Waals surface area (Å²) in [5.41, 5.74) is 6.00. The maximum Gasteiger partial charge on any atom is 0.137 e. The zero-order chi connectivity index (χ0) is 16.0. The van der Waals surface area contributed by atoms with Gasteiger partial charge in [-0.2, -0.15) is 12.6 Å². The van der Waals surface area contributed by atoms with Crippen molar-refractivity contribution >= 4 is 18.4 Å². The van der Waals surface area contributed by atoms with E-state index in [0.29, 0.717) is 5.75 Å². The molecule has 0 aliphatic rings. The molecule has 0 saturated heterocycles. The molecule has 116 valence electrons. The molecule has 2 nitrogen and oxygen atoms in total. The molecule has 0 N–H and O–H groups in total. The first kappa shape index (κ1) is 17.8. The van der Waals surface area contributed by atoms with Crippen LogP contribution < -0.4 is 4.90 Å². The van der Waals surface area contributed by atoms with Crippen LogP contribution in [-0.4, -0.2) is 11.5 Å². The lowest BCUT2D eigenvalue weighted by atomic mass is 10.0. The summed E-state index contributed by atoms with van der Waals surface area (Å²) in [7, 11) is 0. The summed E-state index contributed by atoms with van der Waals surface area (Å²) in [6.07, 6.45) is 5.28. The Balaban J connectivity index is 3.11. The highest BCUT2D eigenvalue weighted by atomic mass is 32.1. The highest BCUT2D eigenvalue weighted by molar-refractivity contribution is 7.79. The van der Waals surface area contributed by atoms with Gasteiger partial charge in [0.25, 0.3) is 0 Å². The molecule has 3 heteroatoms. The van der Waals surface area contributed by atoms with Crippen LogP contribution in [0.25, 0.3) is 0 Å². The van der Waals surface area contributed by atoms with Crippen molar-refractivity contribution in [1.29, 1.82) is 0 Å². The van der Waals surface area contributed by atoms with Crippen molar-refractivity contribution in [1.82, 2.24) is 4.98 Å². The Morgan fingerprint density at radius 2 is 1.95 bits per heavy atom. The summed E-state index contributed by atoms with van der Waals surface area (Å²) < 4.78 is 0. The SMILES string of the molecule is C=CN(CC(=C)CCCC)c1nc(C)c(C)c(C)c1CS. The summed E-state index contributed by atoms with van der Waals surface area (Å²) in [6, 6.07) is 0. The van der Waals surface area contributed by atoms with Crippen LogP contribution in [0, 0.1) is 20.8 Å². The van der Waals surface area contributed by atoms with Gasteiger partial charge in [-0.15, -0.1) is 0 Å². The maximum atomic E-state index is 4.77. The highest BCUT2D eigenvalue weighted by Gasteiger charge is 2.16. The zero-order valence-corrected chi connectivity index (χ0v) is 14.8. The smallest absolute Gasteiger partial charge is 0.137 e. The fourth-order valence-corrected chi connectivity index (χ4v) is 2.75. The first-order chi connectivity index (χ1) is 9.96. The van der Waals surface area contributed by atoms with E-state index in [1.807, 2.05) is 6.20 Å². The Morgan fingerprint density at radius 3 is 2.48 bits per heavy atom. The summed E-state index contributed by atoms with van der Waals surface area (Å²) in [4.78, 5) is 6.87. The first-order valence-electron chi connectivity index (χ1n) is 7.59. The number of unbranched alkanes of at least 4 members (excludes halogenated alkanes) is 1. The number of anilines is 1. The van der Waals surface area contributed by atoms with Gasteiger partial charge in [-0.05, 0) is 50.9 Å². The maximum absolute atomic E-state index is 4.77. The minimum absolute atomic E-state index is 0.682. The van der Waals surface area contributed by atoms with Crippen molar-refractivity contribution in [3.8, 4) is 0 Å². The number of hydrogen-bond acceptors (Lipinski definition) is 3. The van der Waals surface area contributed by atoms with Gasteiger partial charge in [-0.25, -0.2) is 4.98 Å². The van der Waals surface area contributed by atoms with Crippen molar-refractivity contribution in [3.63, 3.8) is 0 Å². The van der Waals surface area contributed by atoms with Crippen LogP contribution in [0.4, 0.5) is 5.82 Å². The van der Waals surface area contributed by atoms with Gasteiger partial charge >= 0.3 is 0 Å². The predicted octanol–water partition coefficient (Wildman–Crippen LogP) is 5.13. The van der Waals surface area contributed by atoms with Crippen LogP contribution in [0.1, 0.15) is 48.6 Å². The quantitative estimate of drug-likeness (QED) is 0.529. The predicted molar refractivity (Wildman–Crippen MR) is 97.3 cm³/mol. The molecule has 0 spiro atoms. The Kier molecular flexibility index (Phi) is 7.03. The van der Waals surface area contributed by atoms with E-state index in [9.17, 15) is 0 Å². The van der Waals surface area contributed by atoms with Gasteiger partial charge in [0.1, 0.15) is 5.82 Å². The molecule has 21 heavy (non-hydrogen) atoms. The van der Waals surface area contributed by atoms with Crippen LogP contribution in [0.5, 0.6) is 0 Å². The van der Waals surface area contributed by atoms with Gasteiger partial charge in [0.2, 0.25) is 0 Å². The number of aromatic nitrogens is 1. The van der Waals surface area contributed by atoms with Crippen LogP contribution in [0.3, 0.4) is 0 Å². The van der Waals surface area contributed by atoms with Gasteiger partial charge in [-0.3, -0.25) is 0 Å². The largest absolute Gasteiger partial charge is 0.329 e. The van der Waals surface area contributed by atoms with E-state index >= 15 is 0 Å². The second kappa shape index (κ2) is 8.28. The molecule has 1 aromatic heterocycles. The summed E-state index contributed by atoms with van der Waals surface area (Å²) in [5.74, 6) is 1.65. The molecule has 0 aliphatic carbocycles. The molecular formula is C18H28N2S. The molecular weight excluding hydrogens is 276 g/mol. The Hall–Kier alpha value is -1.22. The first-order valence-corrected chi connectivity index (χ1v) is 8.22. The lowest BCUT2D eigenvalue weighted by Gasteiger charge is -2.25. The minimum atomic E-state index is 0.682. The molecule has 1 heterocycles. The molecule has 0 fully saturated rings. The fourth-order valence-electron chi connectivity index (χ4n) is 2.38. The third-order valence-electron chi connectivity index (χ3n) is 4.03. The number of thiol groups is 1. The number of rotatable bonds is 8. The Morgan fingerprint density at radius 1 is 1.29 bits per heavy atom. The van der Waals surface area contributed by atoms with Crippen molar-refractivity contribution in [2.24, 2.45) is 0 Å². The lowest BCUT2D eigenvalue weighted by Crippen LogP contribution is -2.22. The van der Waals surface area contributed by atoms with Gasteiger partial charge < -0.3 is 4.90 Å². The molecule has 0 bridgehead atoms. The van der Waals surface area contributed by atoms with Gasteiger partial charge in [0, 0.05) is 23.6 Å². The van der Waals surface area contributed by atoms with E-state index in [0.717, 1.165) is 24.5 Å². The highest BCUT2D eigenvalue weighted by Crippen LogP contribution is 2.28. The molecule has 1 rings (SSSR count). The zero-order valence-electron chi connectivity index (χ0n) is 13.9. The second-order valence-corrected chi connectivity index (χ2v) is 5.89. The Labute approximate surface area is 135 Å². The lowest BCUT2D eigenvalue weighted by molar-refractivity contribution is 0.769. The number of hydrogen-bond donors (Lipinski definition) is 1. The average molecular weight is 305 g/mol. The van der Waals surface area contributed by atoms with Crippen LogP contribution in [0.15, 0.2) is 24.9 Å². The number of nitrogens with zero attached hydrogens (tertiary/aromatic N) is 2. The standard InChI is InChI=1S/C18H28N2S/c1-7-9-10-13(3)11-20(8-2)18-17(12-21)15(5)14(4)16(6)19-18/h8,21H,2-3,7,9-12H2,1,4-6H3. The fraction of sp³-hybridized carbons (Fsp3) is 0.500. The average Bonchev–Trinajstić information content (AvgIpc) is 2.48. The van der Waals surface area contributed by atoms with Crippen molar-refractivity contribution < 1.29 is 0 Å². The van der Waals surface area contributed by atoms with Crippen LogP contribution >= 0.6 is 12.6 Å². The number of pyridine rings is 1. The molecule has 0 unspecified atom stereocenters. The minimum Gasteiger partial charge on any atom is -0.329 e. The molecule has 0 saturated carbocycles.